The third-order valence-corrected chi connectivity index (χ3v) is 7.72. The summed E-state index contributed by atoms with van der Waals surface area (Å²) in [6.07, 6.45) is 5.89. The summed E-state index contributed by atoms with van der Waals surface area (Å²) in [6, 6.07) is 14.9. The minimum atomic E-state index is -0.290. The van der Waals surface area contributed by atoms with Crippen molar-refractivity contribution in [2.45, 2.75) is 53.1 Å². The lowest BCUT2D eigenvalue weighted by Crippen LogP contribution is -2.43. The number of hydrogen-bond acceptors (Lipinski definition) is 6. The predicted molar refractivity (Wildman–Crippen MR) is 154 cm³/mol. The van der Waals surface area contributed by atoms with Crippen LogP contribution in [-0.2, 0) is 29.0 Å². The standard InChI is InChI=1S/C32H38N4O4/c1-4-39-32(38)26-8-7-14-36(19-26)31(37)29-21-40-30(34-29)20-35(18-25-12-11-22(2)16-23(25)3)15-13-24-17-33-28-10-6-5-9-27(24)28/h5-6,9-12,16-17,21,26,33H,4,7-8,13-15,18-20H2,1-3H3. The molecule has 0 saturated carbocycles. The summed E-state index contributed by atoms with van der Waals surface area (Å²) in [5.41, 5.74) is 6.43. The van der Waals surface area contributed by atoms with E-state index in [1.807, 2.05) is 6.07 Å². The van der Waals surface area contributed by atoms with Crippen LogP contribution >= 0.6 is 0 Å². The SMILES string of the molecule is CCOC(=O)C1CCCN(C(=O)c2coc(CN(CCc3c[nH]c4ccccc34)Cc3ccc(C)cc3C)n2)C1. The first-order valence-electron chi connectivity index (χ1n) is 14.1. The average Bonchev–Trinajstić information content (AvgIpc) is 3.60. The number of carbonyl (C=O) groups excluding carboxylic acids is 2. The molecule has 0 aliphatic carbocycles. The molecule has 1 aliphatic rings. The molecule has 0 radical (unpaired) electrons. The predicted octanol–water partition coefficient (Wildman–Crippen LogP) is 5.43. The van der Waals surface area contributed by atoms with Crippen LogP contribution < -0.4 is 0 Å². The van der Waals surface area contributed by atoms with Gasteiger partial charge in [-0.15, -0.1) is 0 Å². The Morgan fingerprint density at radius 1 is 1.15 bits per heavy atom. The van der Waals surface area contributed by atoms with Gasteiger partial charge in [-0.3, -0.25) is 14.5 Å². The van der Waals surface area contributed by atoms with Crippen molar-refractivity contribution < 1.29 is 18.7 Å². The number of aromatic nitrogens is 2. The number of ether oxygens (including phenoxy) is 1. The van der Waals surface area contributed by atoms with Crippen LogP contribution in [0.15, 0.2) is 59.3 Å². The molecule has 8 heteroatoms. The highest BCUT2D eigenvalue weighted by Gasteiger charge is 2.31. The van der Waals surface area contributed by atoms with E-state index in [-0.39, 0.29) is 23.5 Å². The number of oxazole rings is 1. The van der Waals surface area contributed by atoms with Crippen molar-refractivity contribution in [2.24, 2.45) is 5.92 Å². The number of likely N-dealkylation sites (tertiary alicyclic amines) is 1. The molecule has 40 heavy (non-hydrogen) atoms. The lowest BCUT2D eigenvalue weighted by molar-refractivity contribution is -0.149. The first-order chi connectivity index (χ1) is 19.4. The number of aromatic amines is 1. The van der Waals surface area contributed by atoms with Gasteiger partial charge in [-0.25, -0.2) is 4.98 Å². The van der Waals surface area contributed by atoms with Crippen molar-refractivity contribution in [3.8, 4) is 0 Å². The third-order valence-electron chi connectivity index (χ3n) is 7.72. The van der Waals surface area contributed by atoms with Gasteiger partial charge in [0.2, 0.25) is 5.89 Å². The number of para-hydroxylation sites is 1. The lowest BCUT2D eigenvalue weighted by Gasteiger charge is -2.30. The second kappa shape index (κ2) is 12.5. The Bertz CT molecular complexity index is 1470. The fourth-order valence-electron chi connectivity index (χ4n) is 5.54. The van der Waals surface area contributed by atoms with Gasteiger partial charge in [-0.1, -0.05) is 42.0 Å². The number of nitrogens with zero attached hydrogens (tertiary/aromatic N) is 3. The number of fused-ring (bicyclic) bond motifs is 1. The zero-order chi connectivity index (χ0) is 28.1. The van der Waals surface area contributed by atoms with Crippen LogP contribution in [0, 0.1) is 19.8 Å². The van der Waals surface area contributed by atoms with Crippen LogP contribution in [0.5, 0.6) is 0 Å². The van der Waals surface area contributed by atoms with Crippen LogP contribution in [0.3, 0.4) is 0 Å². The summed E-state index contributed by atoms with van der Waals surface area (Å²) in [4.78, 5) is 37.4. The zero-order valence-electron chi connectivity index (χ0n) is 23.6. The number of carbonyl (C=O) groups is 2. The Morgan fingerprint density at radius 3 is 2.83 bits per heavy atom. The molecule has 1 atom stereocenters. The Labute approximate surface area is 235 Å². The molecule has 2 aromatic carbocycles. The number of hydrogen-bond donors (Lipinski definition) is 1. The molecule has 1 N–H and O–H groups in total. The first-order valence-corrected chi connectivity index (χ1v) is 14.1. The number of nitrogens with one attached hydrogen (secondary N) is 1. The molecule has 3 heterocycles. The summed E-state index contributed by atoms with van der Waals surface area (Å²) in [6.45, 7) is 9.36. The van der Waals surface area contributed by atoms with Crippen molar-refractivity contribution in [1.82, 2.24) is 19.8 Å². The molecule has 1 unspecified atom stereocenters. The maximum absolute atomic E-state index is 13.2. The summed E-state index contributed by atoms with van der Waals surface area (Å²) in [5.74, 6) is -0.227. The summed E-state index contributed by atoms with van der Waals surface area (Å²) in [7, 11) is 0. The normalized spacial score (nSPS) is 15.6. The maximum Gasteiger partial charge on any atom is 0.310 e. The van der Waals surface area contributed by atoms with Gasteiger partial charge in [0, 0.05) is 43.3 Å². The van der Waals surface area contributed by atoms with Crippen molar-refractivity contribution in [3.63, 3.8) is 0 Å². The van der Waals surface area contributed by atoms with Gasteiger partial charge in [0.05, 0.1) is 19.1 Å². The van der Waals surface area contributed by atoms with E-state index >= 15 is 0 Å². The fraction of sp³-hybridized carbons (Fsp3) is 0.406. The van der Waals surface area contributed by atoms with Gasteiger partial charge < -0.3 is 19.0 Å². The number of benzene rings is 2. The van der Waals surface area contributed by atoms with Crippen LogP contribution in [0.1, 0.15) is 58.4 Å². The highest BCUT2D eigenvalue weighted by Crippen LogP contribution is 2.22. The van der Waals surface area contributed by atoms with E-state index in [2.05, 4.69) is 71.3 Å². The van der Waals surface area contributed by atoms with Crippen molar-refractivity contribution in [2.75, 3.05) is 26.2 Å². The number of H-pyrrole nitrogens is 1. The summed E-state index contributed by atoms with van der Waals surface area (Å²) in [5, 5.41) is 1.24. The largest absolute Gasteiger partial charge is 0.466 e. The fourth-order valence-corrected chi connectivity index (χ4v) is 5.54. The van der Waals surface area contributed by atoms with E-state index in [1.54, 1.807) is 11.8 Å². The molecule has 8 nitrogen and oxygen atoms in total. The van der Waals surface area contributed by atoms with Crippen LogP contribution in [-0.4, -0.2) is 57.9 Å². The van der Waals surface area contributed by atoms with Gasteiger partial charge in [-0.2, -0.15) is 0 Å². The molecular formula is C32H38N4O4. The van der Waals surface area contributed by atoms with Crippen molar-refractivity contribution in [3.05, 3.63) is 88.8 Å². The Kier molecular flexibility index (Phi) is 8.65. The molecule has 2 aromatic heterocycles. The van der Waals surface area contributed by atoms with Crippen LogP contribution in [0.25, 0.3) is 10.9 Å². The Hall–Kier alpha value is -3.91. The second-order valence-electron chi connectivity index (χ2n) is 10.7. The van der Waals surface area contributed by atoms with E-state index in [9.17, 15) is 9.59 Å². The molecule has 0 bridgehead atoms. The van der Waals surface area contributed by atoms with Crippen LogP contribution in [0.2, 0.25) is 0 Å². The number of amides is 1. The van der Waals surface area contributed by atoms with Gasteiger partial charge in [0.25, 0.3) is 5.91 Å². The number of piperidine rings is 1. The second-order valence-corrected chi connectivity index (χ2v) is 10.7. The third kappa shape index (κ3) is 6.45. The van der Waals surface area contributed by atoms with E-state index in [0.717, 1.165) is 37.9 Å². The van der Waals surface area contributed by atoms with Crippen molar-refractivity contribution >= 4 is 22.8 Å². The van der Waals surface area contributed by atoms with Crippen molar-refractivity contribution in [1.29, 1.82) is 0 Å². The molecule has 1 fully saturated rings. The molecule has 0 spiro atoms. The number of esters is 1. The molecule has 4 aromatic rings. The van der Waals surface area contributed by atoms with Gasteiger partial charge in [-0.05, 0) is 62.8 Å². The first kappa shape index (κ1) is 27.6. The highest BCUT2D eigenvalue weighted by molar-refractivity contribution is 5.92. The van der Waals surface area contributed by atoms with E-state index < -0.39 is 0 Å². The van der Waals surface area contributed by atoms with E-state index in [1.165, 1.54) is 33.9 Å². The quantitative estimate of drug-likeness (QED) is 0.269. The van der Waals surface area contributed by atoms with E-state index in [4.69, 9.17) is 9.15 Å². The summed E-state index contributed by atoms with van der Waals surface area (Å²) >= 11 is 0. The molecule has 1 saturated heterocycles. The number of rotatable bonds is 10. The minimum absolute atomic E-state index is 0.205. The molecule has 1 amide bonds. The monoisotopic (exact) mass is 542 g/mol. The summed E-state index contributed by atoms with van der Waals surface area (Å²) < 4.78 is 11.0. The number of aryl methyl sites for hydroxylation is 2. The van der Waals surface area contributed by atoms with Gasteiger partial charge in [0.15, 0.2) is 5.69 Å². The minimum Gasteiger partial charge on any atom is -0.466 e. The van der Waals surface area contributed by atoms with Gasteiger partial charge >= 0.3 is 5.97 Å². The van der Waals surface area contributed by atoms with Gasteiger partial charge in [0.1, 0.15) is 6.26 Å². The maximum atomic E-state index is 13.2. The average molecular weight is 543 g/mol. The topological polar surface area (TPSA) is 91.7 Å². The van der Waals surface area contributed by atoms with E-state index in [0.29, 0.717) is 32.1 Å². The van der Waals surface area contributed by atoms with Crippen LogP contribution in [0.4, 0.5) is 0 Å². The molecule has 210 valence electrons. The zero-order valence-corrected chi connectivity index (χ0v) is 23.6. The lowest BCUT2D eigenvalue weighted by atomic mass is 9.98. The highest BCUT2D eigenvalue weighted by atomic mass is 16.5. The molecular weight excluding hydrogens is 504 g/mol. The smallest absolute Gasteiger partial charge is 0.310 e. The molecule has 1 aliphatic heterocycles. The molecule has 5 rings (SSSR count). The Balaban J connectivity index is 1.29. The Morgan fingerprint density at radius 2 is 2.00 bits per heavy atom.